The number of benzene rings is 1. The van der Waals surface area contributed by atoms with Gasteiger partial charge in [-0.3, -0.25) is 4.79 Å². The molecule has 0 unspecified atom stereocenters. The van der Waals surface area contributed by atoms with E-state index in [0.29, 0.717) is 23.4 Å². The number of amides is 1. The van der Waals surface area contributed by atoms with Crippen molar-refractivity contribution in [3.05, 3.63) is 57.6 Å². The Balaban J connectivity index is 1.45. The van der Waals surface area contributed by atoms with Crippen molar-refractivity contribution < 1.29 is 18.8 Å². The van der Waals surface area contributed by atoms with E-state index in [1.165, 1.54) is 16.7 Å². The van der Waals surface area contributed by atoms with Crippen LogP contribution in [0.2, 0.25) is 0 Å². The van der Waals surface area contributed by atoms with E-state index >= 15 is 0 Å². The average Bonchev–Trinajstić information content (AvgIpc) is 2.68. The first kappa shape index (κ1) is 19.9. The number of ether oxygens (including phenoxy) is 1. The van der Waals surface area contributed by atoms with Crippen LogP contribution in [0.25, 0.3) is 0 Å². The molecule has 2 heterocycles. The lowest BCUT2D eigenvalue weighted by molar-refractivity contribution is -0.899. The molecule has 1 aliphatic heterocycles. The highest BCUT2D eigenvalue weighted by Gasteiger charge is 2.21. The maximum atomic E-state index is 12.4. The molecule has 150 valence electrons. The van der Waals surface area contributed by atoms with Crippen LogP contribution in [0.3, 0.4) is 0 Å². The number of carbonyl (C=O) groups is 1. The number of carbonyl (C=O) groups excluding carboxylic acids is 1. The van der Waals surface area contributed by atoms with Crippen LogP contribution in [0.1, 0.15) is 21.7 Å². The van der Waals surface area contributed by atoms with Crippen molar-refractivity contribution in [2.24, 2.45) is 0 Å². The molecule has 1 amide bonds. The van der Waals surface area contributed by atoms with Gasteiger partial charge in [0.25, 0.3) is 5.91 Å². The summed E-state index contributed by atoms with van der Waals surface area (Å²) in [5.41, 5.74) is 1.89. The Bertz CT molecular complexity index is 842. The minimum Gasteiger partial charge on any atom is -0.497 e. The lowest BCUT2D eigenvalue weighted by Gasteiger charge is -2.33. The molecule has 1 aromatic carbocycles. The molecule has 1 aliphatic rings. The van der Waals surface area contributed by atoms with Gasteiger partial charge in [-0.15, -0.1) is 0 Å². The van der Waals surface area contributed by atoms with Crippen molar-refractivity contribution in [1.82, 2.24) is 5.32 Å². The number of quaternary nitrogens is 1. The standard InChI is InChI=1S/C21H27N3O4/c1-15-14-19(25)28-16(2)20(15)21(26)22-8-9-23-10-12-24(13-11-23)17-4-6-18(27-3)7-5-17/h4-7,14H,8-13H2,1-3H3,(H,22,26)/p+1. The molecule has 3 rings (SSSR count). The molecular weight excluding hydrogens is 358 g/mol. The number of aryl methyl sites for hydroxylation is 2. The summed E-state index contributed by atoms with van der Waals surface area (Å²) in [6.45, 7) is 8.89. The first-order chi connectivity index (χ1) is 13.5. The predicted molar refractivity (Wildman–Crippen MR) is 108 cm³/mol. The van der Waals surface area contributed by atoms with Gasteiger partial charge in [0.15, 0.2) is 0 Å². The maximum absolute atomic E-state index is 12.4. The molecule has 0 radical (unpaired) electrons. The van der Waals surface area contributed by atoms with E-state index < -0.39 is 5.63 Å². The third kappa shape index (κ3) is 4.72. The molecule has 0 saturated carbocycles. The van der Waals surface area contributed by atoms with E-state index in [9.17, 15) is 9.59 Å². The summed E-state index contributed by atoms with van der Waals surface area (Å²) in [7, 11) is 1.67. The number of nitrogens with zero attached hydrogens (tertiary/aromatic N) is 1. The summed E-state index contributed by atoms with van der Waals surface area (Å²) >= 11 is 0. The van der Waals surface area contributed by atoms with Crippen LogP contribution in [0.15, 0.2) is 39.5 Å². The van der Waals surface area contributed by atoms with E-state index in [4.69, 9.17) is 9.15 Å². The second-order valence-corrected chi connectivity index (χ2v) is 7.12. The normalized spacial score (nSPS) is 14.8. The van der Waals surface area contributed by atoms with Gasteiger partial charge in [0, 0.05) is 11.8 Å². The molecule has 1 aromatic heterocycles. The first-order valence-corrected chi connectivity index (χ1v) is 9.60. The van der Waals surface area contributed by atoms with Crippen molar-refractivity contribution in [1.29, 1.82) is 0 Å². The van der Waals surface area contributed by atoms with Gasteiger partial charge in [0.2, 0.25) is 0 Å². The third-order valence-corrected chi connectivity index (χ3v) is 5.23. The molecule has 28 heavy (non-hydrogen) atoms. The smallest absolute Gasteiger partial charge is 0.336 e. The minimum absolute atomic E-state index is 0.185. The Morgan fingerprint density at radius 1 is 1.21 bits per heavy atom. The topological polar surface area (TPSA) is 76.2 Å². The highest BCUT2D eigenvalue weighted by Crippen LogP contribution is 2.18. The van der Waals surface area contributed by atoms with Crippen molar-refractivity contribution in [2.75, 3.05) is 51.3 Å². The molecule has 2 aromatic rings. The van der Waals surface area contributed by atoms with Gasteiger partial charge in [-0.2, -0.15) is 0 Å². The number of nitrogens with one attached hydrogen (secondary N) is 2. The Morgan fingerprint density at radius 3 is 2.50 bits per heavy atom. The SMILES string of the molecule is COc1ccc(N2CC[NH+](CCNC(=O)c3c(C)cc(=O)oc3C)CC2)cc1. The summed E-state index contributed by atoms with van der Waals surface area (Å²) in [4.78, 5) is 27.6. The van der Waals surface area contributed by atoms with E-state index in [0.717, 1.165) is 38.5 Å². The minimum atomic E-state index is -0.425. The lowest BCUT2D eigenvalue weighted by atomic mass is 10.1. The lowest BCUT2D eigenvalue weighted by Crippen LogP contribution is -3.15. The molecule has 2 N–H and O–H groups in total. The van der Waals surface area contributed by atoms with Gasteiger partial charge in [0.05, 0.1) is 51.9 Å². The van der Waals surface area contributed by atoms with Gasteiger partial charge in [-0.1, -0.05) is 0 Å². The number of rotatable bonds is 6. The van der Waals surface area contributed by atoms with Crippen LogP contribution in [0.4, 0.5) is 5.69 Å². The van der Waals surface area contributed by atoms with Gasteiger partial charge in [0.1, 0.15) is 11.5 Å². The zero-order chi connectivity index (χ0) is 20.1. The summed E-state index contributed by atoms with van der Waals surface area (Å²) in [5, 5.41) is 2.95. The van der Waals surface area contributed by atoms with E-state index in [-0.39, 0.29) is 5.91 Å². The highest BCUT2D eigenvalue weighted by atomic mass is 16.5. The summed E-state index contributed by atoms with van der Waals surface area (Å²) in [5.74, 6) is 1.05. The molecule has 0 aliphatic carbocycles. The predicted octanol–water partition coefficient (Wildman–Crippen LogP) is 0.400. The monoisotopic (exact) mass is 386 g/mol. The van der Waals surface area contributed by atoms with Crippen LogP contribution in [0, 0.1) is 13.8 Å². The fourth-order valence-corrected chi connectivity index (χ4v) is 3.66. The molecule has 7 heteroatoms. The number of hydrogen-bond acceptors (Lipinski definition) is 5. The fourth-order valence-electron chi connectivity index (χ4n) is 3.66. The molecule has 1 fully saturated rings. The largest absolute Gasteiger partial charge is 0.497 e. The maximum Gasteiger partial charge on any atom is 0.336 e. The Labute approximate surface area is 164 Å². The number of hydrogen-bond donors (Lipinski definition) is 2. The van der Waals surface area contributed by atoms with Gasteiger partial charge in [-0.25, -0.2) is 4.79 Å². The highest BCUT2D eigenvalue weighted by molar-refractivity contribution is 5.96. The second kappa shape index (κ2) is 8.93. The van der Waals surface area contributed by atoms with Crippen molar-refractivity contribution in [3.63, 3.8) is 0 Å². The first-order valence-electron chi connectivity index (χ1n) is 9.60. The van der Waals surface area contributed by atoms with Crippen LogP contribution in [0.5, 0.6) is 5.75 Å². The van der Waals surface area contributed by atoms with Gasteiger partial charge < -0.3 is 24.3 Å². The molecule has 1 saturated heterocycles. The van der Waals surface area contributed by atoms with E-state index in [2.05, 4.69) is 22.3 Å². The fraction of sp³-hybridized carbons (Fsp3) is 0.429. The van der Waals surface area contributed by atoms with Crippen molar-refractivity contribution in [2.45, 2.75) is 13.8 Å². The van der Waals surface area contributed by atoms with Crippen LogP contribution >= 0.6 is 0 Å². The summed E-state index contributed by atoms with van der Waals surface area (Å²) < 4.78 is 10.3. The Hall–Kier alpha value is -2.80. The van der Waals surface area contributed by atoms with E-state index in [1.807, 2.05) is 12.1 Å². The summed E-state index contributed by atoms with van der Waals surface area (Å²) in [6.07, 6.45) is 0. The quantitative estimate of drug-likeness (QED) is 0.752. The molecule has 0 spiro atoms. The third-order valence-electron chi connectivity index (χ3n) is 5.23. The van der Waals surface area contributed by atoms with Crippen LogP contribution < -0.4 is 25.5 Å². The van der Waals surface area contributed by atoms with Crippen molar-refractivity contribution in [3.8, 4) is 5.75 Å². The summed E-state index contributed by atoms with van der Waals surface area (Å²) in [6, 6.07) is 9.50. The molecule has 0 bridgehead atoms. The van der Waals surface area contributed by atoms with Crippen molar-refractivity contribution >= 4 is 11.6 Å². The zero-order valence-corrected chi connectivity index (χ0v) is 16.7. The number of anilines is 1. The van der Waals surface area contributed by atoms with E-state index in [1.54, 1.807) is 21.0 Å². The Kier molecular flexibility index (Phi) is 6.36. The Morgan fingerprint density at radius 2 is 1.89 bits per heavy atom. The number of methoxy groups -OCH3 is 1. The molecule has 0 atom stereocenters. The molecular formula is C21H28N3O4+. The van der Waals surface area contributed by atoms with Gasteiger partial charge in [-0.05, 0) is 43.7 Å². The second-order valence-electron chi connectivity index (χ2n) is 7.12. The van der Waals surface area contributed by atoms with Gasteiger partial charge >= 0.3 is 5.63 Å². The van der Waals surface area contributed by atoms with Crippen LogP contribution in [-0.4, -0.2) is 52.3 Å². The average molecular weight is 386 g/mol. The molecule has 7 nitrogen and oxygen atoms in total. The van der Waals surface area contributed by atoms with Crippen LogP contribution in [-0.2, 0) is 0 Å². The zero-order valence-electron chi connectivity index (χ0n) is 16.7. The number of piperazine rings is 1.